The molecule has 7 heteroatoms. The molecule has 2 rings (SSSR count). The highest BCUT2D eigenvalue weighted by molar-refractivity contribution is 5.99. The number of carboxylic acid groups (broad SMARTS) is 1. The number of ether oxygens (including phenoxy) is 1. The van der Waals surface area contributed by atoms with Gasteiger partial charge < -0.3 is 15.2 Å². The Hall–Kier alpha value is -2.96. The Bertz CT molecular complexity index is 681. The van der Waals surface area contributed by atoms with Gasteiger partial charge in [-0.25, -0.2) is 9.59 Å². The molecule has 0 saturated heterocycles. The number of carboxylic acids is 1. The molecule has 2 aromatic rings. The van der Waals surface area contributed by atoms with Crippen molar-refractivity contribution in [3.63, 3.8) is 0 Å². The Morgan fingerprint density at radius 3 is 2.81 bits per heavy atom. The first kappa shape index (κ1) is 14.4. The molecule has 108 valence electrons. The lowest BCUT2D eigenvalue weighted by Gasteiger charge is -2.11. The number of benzene rings is 1. The van der Waals surface area contributed by atoms with Crippen LogP contribution in [0.25, 0.3) is 10.9 Å². The van der Waals surface area contributed by atoms with Gasteiger partial charge in [-0.3, -0.25) is 9.78 Å². The van der Waals surface area contributed by atoms with Crippen LogP contribution in [0.5, 0.6) is 0 Å². The van der Waals surface area contributed by atoms with Gasteiger partial charge in [0.2, 0.25) is 12.5 Å². The van der Waals surface area contributed by atoms with Crippen molar-refractivity contribution in [2.24, 2.45) is 0 Å². The minimum absolute atomic E-state index is 0.127. The Morgan fingerprint density at radius 1 is 1.33 bits per heavy atom. The highest BCUT2D eigenvalue weighted by Gasteiger charge is 2.27. The number of amides is 1. The van der Waals surface area contributed by atoms with E-state index < -0.39 is 18.0 Å². The molecular weight excluding hydrogens is 276 g/mol. The van der Waals surface area contributed by atoms with Crippen molar-refractivity contribution in [2.45, 2.75) is 12.6 Å². The normalized spacial score (nSPS) is 11.6. The fourth-order valence-corrected chi connectivity index (χ4v) is 1.82. The maximum absolute atomic E-state index is 11.6. The number of rotatable bonds is 6. The lowest BCUT2D eigenvalue weighted by atomic mass is 10.1. The number of nitrogens with zero attached hydrogens (tertiary/aromatic N) is 1. The number of aliphatic carboxylic acids is 1. The smallest absolute Gasteiger partial charge is 0.340 e. The van der Waals surface area contributed by atoms with Gasteiger partial charge in [-0.15, -0.1) is 0 Å². The molecule has 1 unspecified atom stereocenters. The van der Waals surface area contributed by atoms with E-state index in [1.54, 1.807) is 24.4 Å². The minimum atomic E-state index is -1.72. The van der Waals surface area contributed by atoms with Gasteiger partial charge in [0.15, 0.2) is 0 Å². The van der Waals surface area contributed by atoms with E-state index in [2.05, 4.69) is 4.98 Å². The number of hydrogen-bond donors (Lipinski definition) is 2. The third kappa shape index (κ3) is 3.33. The van der Waals surface area contributed by atoms with E-state index in [0.717, 1.165) is 5.39 Å². The Labute approximate surface area is 119 Å². The SMILES string of the molecule is O=CNC(C(=O)O)C(=O)OCc1cccc2cccnc12. The number of hydrogen-bond acceptors (Lipinski definition) is 5. The molecule has 1 aromatic heterocycles. The van der Waals surface area contributed by atoms with Crippen LogP contribution in [0.15, 0.2) is 36.5 Å². The summed E-state index contributed by atoms with van der Waals surface area (Å²) < 4.78 is 4.93. The molecule has 0 aliphatic carbocycles. The zero-order valence-electron chi connectivity index (χ0n) is 10.9. The molecule has 0 spiro atoms. The van der Waals surface area contributed by atoms with Crippen molar-refractivity contribution in [3.05, 3.63) is 42.1 Å². The first-order valence-corrected chi connectivity index (χ1v) is 6.05. The largest absolute Gasteiger partial charge is 0.479 e. The Kier molecular flexibility index (Phi) is 4.45. The molecule has 1 aromatic carbocycles. The zero-order chi connectivity index (χ0) is 15.2. The monoisotopic (exact) mass is 288 g/mol. The molecule has 7 nitrogen and oxygen atoms in total. The lowest BCUT2D eigenvalue weighted by Crippen LogP contribution is -2.43. The van der Waals surface area contributed by atoms with Crippen LogP contribution in [-0.2, 0) is 25.7 Å². The highest BCUT2D eigenvalue weighted by atomic mass is 16.5. The molecule has 0 radical (unpaired) electrons. The minimum Gasteiger partial charge on any atom is -0.479 e. The summed E-state index contributed by atoms with van der Waals surface area (Å²) in [4.78, 5) is 36.9. The number of carbonyl (C=O) groups is 3. The Balaban J connectivity index is 2.12. The van der Waals surface area contributed by atoms with Crippen molar-refractivity contribution >= 4 is 29.3 Å². The standard InChI is InChI=1S/C14H12N2O5/c17-8-16-12(13(18)19)14(20)21-7-10-4-1-3-9-5-2-6-15-11(9)10/h1-6,8,12H,7H2,(H,16,17)(H,18,19). The van der Waals surface area contributed by atoms with Crippen molar-refractivity contribution in [3.8, 4) is 0 Å². The van der Waals surface area contributed by atoms with Crippen LogP contribution in [-0.4, -0.2) is 34.5 Å². The van der Waals surface area contributed by atoms with E-state index in [4.69, 9.17) is 9.84 Å². The van der Waals surface area contributed by atoms with Crippen LogP contribution >= 0.6 is 0 Å². The second kappa shape index (κ2) is 6.47. The molecule has 0 aliphatic rings. The van der Waals surface area contributed by atoms with Crippen LogP contribution in [0.1, 0.15) is 5.56 Å². The summed E-state index contributed by atoms with van der Waals surface area (Å²) in [5.41, 5.74) is 1.32. The average Bonchev–Trinajstić information content (AvgIpc) is 2.49. The molecule has 0 fully saturated rings. The summed E-state index contributed by atoms with van der Waals surface area (Å²) in [7, 11) is 0. The number of aromatic nitrogens is 1. The molecule has 1 atom stereocenters. The van der Waals surface area contributed by atoms with E-state index in [9.17, 15) is 14.4 Å². The van der Waals surface area contributed by atoms with Gasteiger partial charge in [0.05, 0.1) is 5.52 Å². The predicted molar refractivity (Wildman–Crippen MR) is 72.2 cm³/mol. The van der Waals surface area contributed by atoms with Crippen LogP contribution < -0.4 is 5.32 Å². The third-order valence-electron chi connectivity index (χ3n) is 2.80. The van der Waals surface area contributed by atoms with Gasteiger partial charge in [0, 0.05) is 17.1 Å². The van der Waals surface area contributed by atoms with E-state index in [0.29, 0.717) is 11.1 Å². The first-order valence-electron chi connectivity index (χ1n) is 6.05. The van der Waals surface area contributed by atoms with Gasteiger partial charge in [0.1, 0.15) is 6.61 Å². The van der Waals surface area contributed by atoms with E-state index in [-0.39, 0.29) is 13.0 Å². The molecule has 21 heavy (non-hydrogen) atoms. The summed E-state index contributed by atoms with van der Waals surface area (Å²) in [6.45, 7) is -0.127. The Morgan fingerprint density at radius 2 is 2.10 bits per heavy atom. The number of nitrogens with one attached hydrogen (secondary N) is 1. The van der Waals surface area contributed by atoms with Gasteiger partial charge in [-0.05, 0) is 6.07 Å². The number of pyridine rings is 1. The van der Waals surface area contributed by atoms with Gasteiger partial charge in [-0.1, -0.05) is 24.3 Å². The van der Waals surface area contributed by atoms with Crippen LogP contribution in [0.4, 0.5) is 0 Å². The summed E-state index contributed by atoms with van der Waals surface area (Å²) >= 11 is 0. The molecule has 0 saturated carbocycles. The number of para-hydroxylation sites is 1. The topological polar surface area (TPSA) is 106 Å². The molecule has 0 aliphatic heterocycles. The van der Waals surface area contributed by atoms with Crippen molar-refractivity contribution < 1.29 is 24.2 Å². The van der Waals surface area contributed by atoms with Crippen LogP contribution in [0.3, 0.4) is 0 Å². The van der Waals surface area contributed by atoms with Crippen molar-refractivity contribution in [2.75, 3.05) is 0 Å². The van der Waals surface area contributed by atoms with Crippen LogP contribution in [0, 0.1) is 0 Å². The highest BCUT2D eigenvalue weighted by Crippen LogP contribution is 2.16. The zero-order valence-corrected chi connectivity index (χ0v) is 10.9. The third-order valence-corrected chi connectivity index (χ3v) is 2.80. The number of carbonyl (C=O) groups excluding carboxylic acids is 2. The second-order valence-corrected chi connectivity index (χ2v) is 4.16. The molecule has 0 bridgehead atoms. The maximum Gasteiger partial charge on any atom is 0.340 e. The molecule has 2 N–H and O–H groups in total. The fourth-order valence-electron chi connectivity index (χ4n) is 1.82. The fraction of sp³-hybridized carbons (Fsp3) is 0.143. The van der Waals surface area contributed by atoms with Gasteiger partial charge in [-0.2, -0.15) is 0 Å². The van der Waals surface area contributed by atoms with Gasteiger partial charge in [0.25, 0.3) is 0 Å². The second-order valence-electron chi connectivity index (χ2n) is 4.16. The van der Waals surface area contributed by atoms with E-state index in [1.807, 2.05) is 17.4 Å². The summed E-state index contributed by atoms with van der Waals surface area (Å²) in [5, 5.41) is 11.6. The molecule has 1 amide bonds. The quantitative estimate of drug-likeness (QED) is 0.455. The number of fused-ring (bicyclic) bond motifs is 1. The average molecular weight is 288 g/mol. The summed E-state index contributed by atoms with van der Waals surface area (Å²) in [6.07, 6.45) is 1.75. The summed E-state index contributed by atoms with van der Waals surface area (Å²) in [6, 6.07) is 7.30. The molecular formula is C14H12N2O5. The van der Waals surface area contributed by atoms with Crippen molar-refractivity contribution in [1.29, 1.82) is 0 Å². The summed E-state index contributed by atoms with van der Waals surface area (Å²) in [5.74, 6) is -2.52. The van der Waals surface area contributed by atoms with Crippen molar-refractivity contribution in [1.82, 2.24) is 10.3 Å². The predicted octanol–water partition coefficient (Wildman–Crippen LogP) is 0.477. The maximum atomic E-state index is 11.6. The van der Waals surface area contributed by atoms with Gasteiger partial charge >= 0.3 is 11.9 Å². The lowest BCUT2D eigenvalue weighted by molar-refractivity contribution is -0.156. The number of esters is 1. The van der Waals surface area contributed by atoms with E-state index >= 15 is 0 Å². The van der Waals surface area contributed by atoms with E-state index in [1.165, 1.54) is 0 Å². The first-order chi connectivity index (χ1) is 10.1. The van der Waals surface area contributed by atoms with Crippen LogP contribution in [0.2, 0.25) is 0 Å². The molecule has 1 heterocycles.